The van der Waals surface area contributed by atoms with Gasteiger partial charge in [0.25, 0.3) is 0 Å². The molecule has 20 heavy (non-hydrogen) atoms. The minimum atomic E-state index is -0.207. The summed E-state index contributed by atoms with van der Waals surface area (Å²) in [6.07, 6.45) is 0.993. The first-order chi connectivity index (χ1) is 9.65. The van der Waals surface area contributed by atoms with E-state index in [0.717, 1.165) is 35.2 Å². The number of Topliss-reactive ketones (excluding diaryl/α,β-unsaturated/α-hetero) is 1. The van der Waals surface area contributed by atoms with Crippen LogP contribution < -0.4 is 5.32 Å². The second-order valence-corrected chi connectivity index (χ2v) is 5.58. The van der Waals surface area contributed by atoms with Crippen molar-refractivity contribution in [2.75, 3.05) is 6.54 Å². The lowest BCUT2D eigenvalue weighted by Crippen LogP contribution is -2.35. The molecule has 102 valence electrons. The second kappa shape index (κ2) is 5.22. The van der Waals surface area contributed by atoms with Gasteiger partial charge >= 0.3 is 0 Å². The number of hydrogen-bond donors (Lipinski definition) is 1. The van der Waals surface area contributed by atoms with Crippen LogP contribution in [-0.2, 0) is 6.42 Å². The Bertz CT molecular complexity index is 640. The number of carbonyl (C=O) groups excluding carboxylic acids is 1. The highest BCUT2D eigenvalue weighted by Gasteiger charge is 2.26. The molecule has 0 spiro atoms. The third-order valence-electron chi connectivity index (χ3n) is 3.88. The molecule has 0 bridgehead atoms. The van der Waals surface area contributed by atoms with Crippen molar-refractivity contribution in [3.63, 3.8) is 0 Å². The summed E-state index contributed by atoms with van der Waals surface area (Å²) in [6, 6.07) is 14.1. The van der Waals surface area contributed by atoms with Gasteiger partial charge in [-0.2, -0.15) is 0 Å². The van der Waals surface area contributed by atoms with E-state index in [0.29, 0.717) is 0 Å². The Kier molecular flexibility index (Phi) is 3.41. The number of carbonyl (C=O) groups is 1. The number of ketones is 1. The zero-order valence-corrected chi connectivity index (χ0v) is 11.9. The van der Waals surface area contributed by atoms with Gasteiger partial charge in [-0.25, -0.2) is 0 Å². The Balaban J connectivity index is 1.99. The van der Waals surface area contributed by atoms with Gasteiger partial charge < -0.3 is 5.32 Å². The molecule has 0 saturated heterocycles. The van der Waals surface area contributed by atoms with Crippen molar-refractivity contribution >= 4 is 5.78 Å². The predicted molar refractivity (Wildman–Crippen MR) is 81.1 cm³/mol. The largest absolute Gasteiger partial charge is 0.303 e. The molecule has 1 unspecified atom stereocenters. The SMILES string of the molecule is Cc1cc(C)cc(C(=O)C2NCCc3ccccc32)c1. The summed E-state index contributed by atoms with van der Waals surface area (Å²) in [4.78, 5) is 12.8. The lowest BCUT2D eigenvalue weighted by molar-refractivity contribution is 0.0939. The molecule has 1 aliphatic rings. The quantitative estimate of drug-likeness (QED) is 0.843. The Morgan fingerprint density at radius 3 is 2.55 bits per heavy atom. The summed E-state index contributed by atoms with van der Waals surface area (Å²) < 4.78 is 0. The molecule has 1 heterocycles. The maximum atomic E-state index is 12.8. The van der Waals surface area contributed by atoms with Crippen molar-refractivity contribution in [3.05, 3.63) is 70.3 Å². The molecule has 0 amide bonds. The average Bonchev–Trinajstić information content (AvgIpc) is 2.45. The van der Waals surface area contributed by atoms with E-state index in [1.54, 1.807) is 0 Å². The van der Waals surface area contributed by atoms with Crippen molar-refractivity contribution in [2.45, 2.75) is 26.3 Å². The monoisotopic (exact) mass is 265 g/mol. The summed E-state index contributed by atoms with van der Waals surface area (Å²) in [7, 11) is 0. The van der Waals surface area contributed by atoms with Gasteiger partial charge in [-0.15, -0.1) is 0 Å². The Morgan fingerprint density at radius 2 is 1.80 bits per heavy atom. The number of aryl methyl sites for hydroxylation is 2. The highest BCUT2D eigenvalue weighted by molar-refractivity contribution is 6.01. The van der Waals surface area contributed by atoms with E-state index in [9.17, 15) is 4.79 Å². The molecule has 0 fully saturated rings. The zero-order valence-electron chi connectivity index (χ0n) is 11.9. The highest BCUT2D eigenvalue weighted by Crippen LogP contribution is 2.26. The lowest BCUT2D eigenvalue weighted by atomic mass is 9.89. The topological polar surface area (TPSA) is 29.1 Å². The van der Waals surface area contributed by atoms with E-state index < -0.39 is 0 Å². The number of nitrogens with one attached hydrogen (secondary N) is 1. The molecule has 2 aromatic rings. The van der Waals surface area contributed by atoms with Gasteiger partial charge in [0.1, 0.15) is 0 Å². The lowest BCUT2D eigenvalue weighted by Gasteiger charge is -2.26. The molecule has 0 aromatic heterocycles. The van der Waals surface area contributed by atoms with Crippen molar-refractivity contribution in [1.29, 1.82) is 0 Å². The predicted octanol–water partition coefficient (Wildman–Crippen LogP) is 3.37. The first-order valence-corrected chi connectivity index (χ1v) is 7.09. The molecule has 1 N–H and O–H groups in total. The summed E-state index contributed by atoms with van der Waals surface area (Å²) in [5, 5.41) is 3.36. The number of benzene rings is 2. The Labute approximate surface area is 119 Å². The Morgan fingerprint density at radius 1 is 1.10 bits per heavy atom. The van der Waals surface area contributed by atoms with Crippen LogP contribution in [0.3, 0.4) is 0 Å². The van der Waals surface area contributed by atoms with E-state index in [4.69, 9.17) is 0 Å². The summed E-state index contributed by atoms with van der Waals surface area (Å²) in [5.74, 6) is 0.170. The van der Waals surface area contributed by atoms with Crippen molar-refractivity contribution in [3.8, 4) is 0 Å². The van der Waals surface area contributed by atoms with Crippen LogP contribution in [0, 0.1) is 13.8 Å². The summed E-state index contributed by atoms with van der Waals surface area (Å²) in [5.41, 5.74) is 5.49. The van der Waals surface area contributed by atoms with E-state index in [2.05, 4.69) is 23.5 Å². The molecule has 2 aromatic carbocycles. The molecule has 1 atom stereocenters. The summed E-state index contributed by atoms with van der Waals surface area (Å²) >= 11 is 0. The van der Waals surface area contributed by atoms with Crippen LogP contribution in [0.25, 0.3) is 0 Å². The van der Waals surface area contributed by atoms with Crippen LogP contribution >= 0.6 is 0 Å². The first-order valence-electron chi connectivity index (χ1n) is 7.09. The maximum absolute atomic E-state index is 12.8. The second-order valence-electron chi connectivity index (χ2n) is 5.58. The van der Waals surface area contributed by atoms with E-state index in [-0.39, 0.29) is 11.8 Å². The molecule has 0 radical (unpaired) electrons. The smallest absolute Gasteiger partial charge is 0.184 e. The molecule has 3 rings (SSSR count). The van der Waals surface area contributed by atoms with Crippen LogP contribution in [0.15, 0.2) is 42.5 Å². The standard InChI is InChI=1S/C18H19NO/c1-12-9-13(2)11-15(10-12)18(20)17-16-6-4-3-5-14(16)7-8-19-17/h3-6,9-11,17,19H,7-8H2,1-2H3. The third kappa shape index (κ3) is 2.39. The van der Waals surface area contributed by atoms with Crippen molar-refractivity contribution in [2.24, 2.45) is 0 Å². The van der Waals surface area contributed by atoms with Crippen LogP contribution in [0.2, 0.25) is 0 Å². The Hall–Kier alpha value is -1.93. The normalized spacial score (nSPS) is 17.6. The minimum Gasteiger partial charge on any atom is -0.303 e. The molecular weight excluding hydrogens is 246 g/mol. The van der Waals surface area contributed by atoms with Crippen LogP contribution in [-0.4, -0.2) is 12.3 Å². The van der Waals surface area contributed by atoms with Gasteiger partial charge in [0, 0.05) is 12.1 Å². The van der Waals surface area contributed by atoms with Crippen molar-refractivity contribution < 1.29 is 4.79 Å². The maximum Gasteiger partial charge on any atom is 0.184 e. The molecular formula is C18H19NO. The van der Waals surface area contributed by atoms with E-state index in [1.165, 1.54) is 5.56 Å². The fraction of sp³-hybridized carbons (Fsp3) is 0.278. The van der Waals surface area contributed by atoms with Crippen molar-refractivity contribution in [1.82, 2.24) is 5.32 Å². The van der Waals surface area contributed by atoms with Gasteiger partial charge in [-0.3, -0.25) is 4.79 Å². The summed E-state index contributed by atoms with van der Waals surface area (Å²) in [6.45, 7) is 4.93. The average molecular weight is 265 g/mol. The van der Waals surface area contributed by atoms with Gasteiger partial charge in [0.05, 0.1) is 6.04 Å². The minimum absolute atomic E-state index is 0.170. The highest BCUT2D eigenvalue weighted by atomic mass is 16.1. The van der Waals surface area contributed by atoms with Crippen LogP contribution in [0.4, 0.5) is 0 Å². The molecule has 0 aliphatic carbocycles. The van der Waals surface area contributed by atoms with Gasteiger partial charge in [-0.1, -0.05) is 41.5 Å². The zero-order chi connectivity index (χ0) is 14.1. The third-order valence-corrected chi connectivity index (χ3v) is 3.88. The van der Waals surface area contributed by atoms with Gasteiger partial charge in [0.15, 0.2) is 5.78 Å². The number of hydrogen-bond acceptors (Lipinski definition) is 2. The number of rotatable bonds is 2. The van der Waals surface area contributed by atoms with E-state index in [1.807, 2.05) is 38.1 Å². The molecule has 2 nitrogen and oxygen atoms in total. The molecule has 2 heteroatoms. The fourth-order valence-electron chi connectivity index (χ4n) is 3.02. The van der Waals surface area contributed by atoms with Crippen LogP contribution in [0.1, 0.15) is 38.7 Å². The van der Waals surface area contributed by atoms with Gasteiger partial charge in [0.2, 0.25) is 0 Å². The van der Waals surface area contributed by atoms with E-state index >= 15 is 0 Å². The van der Waals surface area contributed by atoms with Crippen LogP contribution in [0.5, 0.6) is 0 Å². The first kappa shape index (κ1) is 13.1. The molecule has 0 saturated carbocycles. The number of fused-ring (bicyclic) bond motifs is 1. The fourth-order valence-corrected chi connectivity index (χ4v) is 3.02. The van der Waals surface area contributed by atoms with Gasteiger partial charge in [-0.05, 0) is 43.5 Å². The molecule has 1 aliphatic heterocycles.